The fourth-order valence-corrected chi connectivity index (χ4v) is 6.88. The van der Waals surface area contributed by atoms with E-state index in [1.54, 1.807) is 59.5 Å². The summed E-state index contributed by atoms with van der Waals surface area (Å²) in [6.45, 7) is 5.98. The van der Waals surface area contributed by atoms with Crippen molar-refractivity contribution in [3.05, 3.63) is 74.4 Å². The van der Waals surface area contributed by atoms with E-state index in [1.165, 1.54) is 15.9 Å². The third kappa shape index (κ3) is 5.66. The van der Waals surface area contributed by atoms with Gasteiger partial charge in [-0.25, -0.2) is 9.79 Å². The monoisotopic (exact) mass is 742 g/mol. The summed E-state index contributed by atoms with van der Waals surface area (Å²) in [6.07, 6.45) is 1.78. The van der Waals surface area contributed by atoms with Gasteiger partial charge in [0.05, 0.1) is 60.0 Å². The van der Waals surface area contributed by atoms with Gasteiger partial charge < -0.3 is 23.7 Å². The maximum atomic E-state index is 14.0. The molecule has 3 aromatic rings. The van der Waals surface area contributed by atoms with Crippen LogP contribution in [-0.2, 0) is 9.53 Å². The van der Waals surface area contributed by atoms with Crippen molar-refractivity contribution >= 4 is 61.9 Å². The summed E-state index contributed by atoms with van der Waals surface area (Å²) in [6, 6.07) is 6.44. The highest BCUT2D eigenvalue weighted by Crippen LogP contribution is 2.41. The van der Waals surface area contributed by atoms with Crippen molar-refractivity contribution in [1.82, 2.24) is 4.57 Å². The molecule has 2 aromatic carbocycles. The van der Waals surface area contributed by atoms with Crippen molar-refractivity contribution in [3.8, 4) is 23.0 Å². The number of aromatic nitrogens is 1. The fourth-order valence-electron chi connectivity index (χ4n) is 4.45. The maximum absolute atomic E-state index is 14.0. The number of benzene rings is 2. The normalized spacial score (nSPS) is 14.9. The van der Waals surface area contributed by atoms with Crippen LogP contribution in [0.25, 0.3) is 6.08 Å². The van der Waals surface area contributed by atoms with Gasteiger partial charge >= 0.3 is 5.97 Å². The van der Waals surface area contributed by atoms with Crippen LogP contribution in [0.1, 0.15) is 37.9 Å². The van der Waals surface area contributed by atoms with Crippen LogP contribution in [0, 0.1) is 3.57 Å². The average molecular weight is 743 g/mol. The third-order valence-electron chi connectivity index (χ3n) is 6.15. The van der Waals surface area contributed by atoms with E-state index in [0.717, 1.165) is 9.13 Å². The first kappa shape index (κ1) is 30.1. The lowest BCUT2D eigenvalue weighted by Crippen LogP contribution is -2.40. The molecule has 12 heteroatoms. The van der Waals surface area contributed by atoms with Gasteiger partial charge in [-0.1, -0.05) is 27.3 Å². The lowest BCUT2D eigenvalue weighted by molar-refractivity contribution is -0.139. The molecular formula is C28H28BrIN2O7S. The van der Waals surface area contributed by atoms with Gasteiger partial charge in [-0.05, 0) is 84.8 Å². The molecule has 0 bridgehead atoms. The number of carbonyl (C=O) groups is 1. The van der Waals surface area contributed by atoms with E-state index in [-0.39, 0.29) is 17.7 Å². The first-order chi connectivity index (χ1) is 19.2. The van der Waals surface area contributed by atoms with Crippen molar-refractivity contribution < 1.29 is 28.5 Å². The number of rotatable bonds is 9. The van der Waals surface area contributed by atoms with E-state index in [4.69, 9.17) is 23.7 Å². The summed E-state index contributed by atoms with van der Waals surface area (Å²) in [5.74, 6) is 1.63. The smallest absolute Gasteiger partial charge is 0.338 e. The lowest BCUT2D eigenvalue weighted by Gasteiger charge is -2.26. The molecular weight excluding hydrogens is 715 g/mol. The zero-order valence-electron chi connectivity index (χ0n) is 22.8. The van der Waals surface area contributed by atoms with E-state index in [0.29, 0.717) is 54.7 Å². The van der Waals surface area contributed by atoms with Gasteiger partial charge in [-0.15, -0.1) is 0 Å². The Morgan fingerprint density at radius 3 is 2.42 bits per heavy atom. The molecule has 0 aliphatic carbocycles. The number of thiazole rings is 1. The van der Waals surface area contributed by atoms with Gasteiger partial charge in [0.2, 0.25) is 0 Å². The summed E-state index contributed by atoms with van der Waals surface area (Å²) in [7, 11) is 4.68. The summed E-state index contributed by atoms with van der Waals surface area (Å²) >= 11 is 7.04. The van der Waals surface area contributed by atoms with Crippen LogP contribution in [0.2, 0.25) is 0 Å². The molecule has 0 N–H and O–H groups in total. The molecule has 0 fully saturated rings. The first-order valence-electron chi connectivity index (χ1n) is 12.3. The molecule has 0 amide bonds. The van der Waals surface area contributed by atoms with Crippen molar-refractivity contribution in [3.63, 3.8) is 0 Å². The summed E-state index contributed by atoms with van der Waals surface area (Å²) in [5, 5.41) is 0. The van der Waals surface area contributed by atoms with Crippen LogP contribution < -0.4 is 33.8 Å². The standard InChI is InChI=1S/C28H28BrIN2O7S/c1-7-38-20-13-17(29)16(12-19(20)35-4)24-23(27(34)39-8-2)14(3)31-28-32(24)26(33)22(40-28)11-15-9-18(30)25(37-6)21(10-15)36-5/h9-13,24H,7-8H2,1-6H3/b22-11+/t24-/m1/s1. The first-order valence-corrected chi connectivity index (χ1v) is 15.0. The highest BCUT2D eigenvalue weighted by molar-refractivity contribution is 14.1. The molecule has 0 radical (unpaired) electrons. The molecule has 0 spiro atoms. The van der Waals surface area contributed by atoms with Crippen LogP contribution in [0.5, 0.6) is 23.0 Å². The highest BCUT2D eigenvalue weighted by Gasteiger charge is 2.35. The summed E-state index contributed by atoms with van der Waals surface area (Å²) in [4.78, 5) is 32.4. The van der Waals surface area contributed by atoms with Crippen molar-refractivity contribution in [1.29, 1.82) is 0 Å². The van der Waals surface area contributed by atoms with Gasteiger partial charge in [0.1, 0.15) is 0 Å². The van der Waals surface area contributed by atoms with E-state index in [1.807, 2.05) is 13.0 Å². The number of nitrogens with zero attached hydrogens (tertiary/aromatic N) is 2. The van der Waals surface area contributed by atoms with Crippen molar-refractivity contribution in [2.45, 2.75) is 26.8 Å². The number of methoxy groups -OCH3 is 3. The number of allylic oxidation sites excluding steroid dienone is 1. The molecule has 212 valence electrons. The number of esters is 1. The molecule has 40 heavy (non-hydrogen) atoms. The number of fused-ring (bicyclic) bond motifs is 1. The molecule has 0 saturated heterocycles. The van der Waals surface area contributed by atoms with Crippen molar-refractivity contribution in [2.24, 2.45) is 4.99 Å². The second-order valence-electron chi connectivity index (χ2n) is 8.50. The molecule has 1 aliphatic rings. The number of carbonyl (C=O) groups excluding carboxylic acids is 1. The Morgan fingerprint density at radius 1 is 1.07 bits per heavy atom. The Balaban J connectivity index is 1.99. The van der Waals surface area contributed by atoms with Crippen molar-refractivity contribution in [2.75, 3.05) is 34.5 Å². The Kier molecular flexibility index (Phi) is 9.62. The largest absolute Gasteiger partial charge is 0.493 e. The van der Waals surface area contributed by atoms with E-state index < -0.39 is 12.0 Å². The van der Waals surface area contributed by atoms with E-state index >= 15 is 0 Å². The number of halogens is 2. The minimum atomic E-state index is -0.818. The second-order valence-corrected chi connectivity index (χ2v) is 11.5. The fraction of sp³-hybridized carbons (Fsp3) is 0.321. The number of hydrogen-bond donors (Lipinski definition) is 0. The van der Waals surface area contributed by atoms with Gasteiger partial charge in [-0.3, -0.25) is 9.36 Å². The lowest BCUT2D eigenvalue weighted by atomic mass is 9.95. The van der Waals surface area contributed by atoms with Crippen LogP contribution in [0.15, 0.2) is 49.8 Å². The van der Waals surface area contributed by atoms with Crippen LogP contribution >= 0.6 is 49.9 Å². The molecule has 0 saturated carbocycles. The Labute approximate surface area is 257 Å². The zero-order valence-corrected chi connectivity index (χ0v) is 27.4. The SMILES string of the molecule is CCOC(=O)C1=C(C)N=c2s/c(=C/c3cc(I)c(OC)c(OC)c3)c(=O)n2[C@@H]1c1cc(OC)c(OCC)cc1Br. The van der Waals surface area contributed by atoms with Gasteiger partial charge in [0, 0.05) is 4.47 Å². The molecule has 4 rings (SSSR count). The molecule has 2 heterocycles. The predicted molar refractivity (Wildman–Crippen MR) is 165 cm³/mol. The van der Waals surface area contributed by atoms with Crippen LogP contribution in [0.4, 0.5) is 0 Å². The molecule has 0 unspecified atom stereocenters. The maximum Gasteiger partial charge on any atom is 0.338 e. The molecule has 1 atom stereocenters. The highest BCUT2D eigenvalue weighted by atomic mass is 127. The minimum Gasteiger partial charge on any atom is -0.493 e. The van der Waals surface area contributed by atoms with Gasteiger partial charge in [0.25, 0.3) is 5.56 Å². The third-order valence-corrected chi connectivity index (χ3v) is 8.62. The Bertz CT molecular complexity index is 1680. The molecule has 9 nitrogen and oxygen atoms in total. The zero-order chi connectivity index (χ0) is 29.1. The van der Waals surface area contributed by atoms with Crippen LogP contribution in [0.3, 0.4) is 0 Å². The average Bonchev–Trinajstić information content (AvgIpc) is 3.22. The quantitative estimate of drug-likeness (QED) is 0.234. The van der Waals surface area contributed by atoms with Crippen LogP contribution in [-0.4, -0.2) is 45.1 Å². The van der Waals surface area contributed by atoms with Gasteiger partial charge in [-0.2, -0.15) is 0 Å². The Morgan fingerprint density at radius 2 is 1.80 bits per heavy atom. The minimum absolute atomic E-state index is 0.179. The summed E-state index contributed by atoms with van der Waals surface area (Å²) < 4.78 is 31.1. The topological polar surface area (TPSA) is 97.6 Å². The number of ether oxygens (including phenoxy) is 5. The second kappa shape index (κ2) is 12.8. The Hall–Kier alpha value is -2.84. The number of hydrogen-bond acceptors (Lipinski definition) is 9. The van der Waals surface area contributed by atoms with E-state index in [9.17, 15) is 9.59 Å². The molecule has 1 aromatic heterocycles. The van der Waals surface area contributed by atoms with E-state index in [2.05, 4.69) is 43.5 Å². The molecule has 1 aliphatic heterocycles. The summed E-state index contributed by atoms with van der Waals surface area (Å²) in [5.41, 5.74) is 1.83. The van der Waals surface area contributed by atoms with Gasteiger partial charge in [0.15, 0.2) is 27.8 Å². The predicted octanol–water partition coefficient (Wildman–Crippen LogP) is 4.59.